The van der Waals surface area contributed by atoms with Crippen LogP contribution in [0.15, 0.2) is 24.8 Å². The molecule has 0 bridgehead atoms. The van der Waals surface area contributed by atoms with Crippen LogP contribution in [0.2, 0.25) is 0 Å². The van der Waals surface area contributed by atoms with Gasteiger partial charge in [0, 0.05) is 6.04 Å². The minimum Gasteiger partial charge on any atom is -0.300 e. The second-order valence-corrected chi connectivity index (χ2v) is 4.86. The van der Waals surface area contributed by atoms with Gasteiger partial charge in [-0.05, 0) is 44.2 Å². The molecule has 0 aromatic rings. The average Bonchev–Trinajstić information content (AvgIpc) is 2.81. The first-order valence-corrected chi connectivity index (χ1v) is 6.40. The molecule has 2 unspecified atom stereocenters. The highest BCUT2D eigenvalue weighted by Crippen LogP contribution is 2.33. The van der Waals surface area contributed by atoms with Gasteiger partial charge in [0.2, 0.25) is 0 Å². The zero-order valence-electron chi connectivity index (χ0n) is 9.86. The van der Waals surface area contributed by atoms with Crippen molar-refractivity contribution in [3.63, 3.8) is 0 Å². The molecule has 1 saturated heterocycles. The minimum atomic E-state index is 0.606. The first kappa shape index (κ1) is 10.9. The van der Waals surface area contributed by atoms with E-state index in [4.69, 9.17) is 0 Å². The number of likely N-dealkylation sites (tertiary alicyclic amines) is 1. The van der Waals surface area contributed by atoms with E-state index in [0.717, 1.165) is 12.0 Å². The molecule has 0 N–H and O–H groups in total. The molecule has 1 aliphatic heterocycles. The first-order valence-electron chi connectivity index (χ1n) is 6.40. The van der Waals surface area contributed by atoms with Crippen LogP contribution in [-0.4, -0.2) is 24.0 Å². The molecule has 15 heavy (non-hydrogen) atoms. The SMILES string of the molecule is C=CC1C=CCC(N2CCCC2)[C@@H]1CC. The maximum atomic E-state index is 3.97. The normalized spacial score (nSPS) is 37.0. The Kier molecular flexibility index (Phi) is 3.63. The summed E-state index contributed by atoms with van der Waals surface area (Å²) >= 11 is 0. The van der Waals surface area contributed by atoms with Gasteiger partial charge in [-0.3, -0.25) is 4.90 Å². The summed E-state index contributed by atoms with van der Waals surface area (Å²) < 4.78 is 0. The Morgan fingerprint density at radius 1 is 1.40 bits per heavy atom. The summed E-state index contributed by atoms with van der Waals surface area (Å²) in [6, 6.07) is 0.783. The lowest BCUT2D eigenvalue weighted by molar-refractivity contribution is 0.147. The van der Waals surface area contributed by atoms with Crippen molar-refractivity contribution in [2.75, 3.05) is 13.1 Å². The summed E-state index contributed by atoms with van der Waals surface area (Å²) in [7, 11) is 0. The Bertz CT molecular complexity index is 238. The lowest BCUT2D eigenvalue weighted by Crippen LogP contribution is -2.42. The van der Waals surface area contributed by atoms with E-state index in [0.29, 0.717) is 5.92 Å². The average molecular weight is 205 g/mol. The highest BCUT2D eigenvalue weighted by molar-refractivity contribution is 5.09. The van der Waals surface area contributed by atoms with Crippen LogP contribution in [0.4, 0.5) is 0 Å². The smallest absolute Gasteiger partial charge is 0.0166 e. The molecule has 2 aliphatic rings. The van der Waals surface area contributed by atoms with Crippen molar-refractivity contribution < 1.29 is 0 Å². The number of rotatable bonds is 3. The fourth-order valence-electron chi connectivity index (χ4n) is 3.24. The molecule has 1 nitrogen and oxygen atoms in total. The van der Waals surface area contributed by atoms with E-state index < -0.39 is 0 Å². The summed E-state index contributed by atoms with van der Waals surface area (Å²) in [6.45, 7) is 8.93. The molecule has 84 valence electrons. The van der Waals surface area contributed by atoms with Gasteiger partial charge in [-0.1, -0.05) is 31.6 Å². The monoisotopic (exact) mass is 205 g/mol. The van der Waals surface area contributed by atoms with E-state index in [1.54, 1.807) is 0 Å². The van der Waals surface area contributed by atoms with Gasteiger partial charge in [-0.15, -0.1) is 6.58 Å². The molecule has 1 fully saturated rings. The Hall–Kier alpha value is -0.560. The van der Waals surface area contributed by atoms with Crippen LogP contribution in [0.5, 0.6) is 0 Å². The van der Waals surface area contributed by atoms with Gasteiger partial charge >= 0.3 is 0 Å². The predicted molar refractivity (Wildman–Crippen MR) is 65.8 cm³/mol. The van der Waals surface area contributed by atoms with Crippen LogP contribution < -0.4 is 0 Å². The molecule has 2 rings (SSSR count). The Labute approximate surface area is 93.9 Å². The van der Waals surface area contributed by atoms with Crippen LogP contribution in [0.1, 0.15) is 32.6 Å². The van der Waals surface area contributed by atoms with Gasteiger partial charge in [0.15, 0.2) is 0 Å². The topological polar surface area (TPSA) is 3.24 Å². The van der Waals surface area contributed by atoms with Crippen LogP contribution in [-0.2, 0) is 0 Å². The molecular formula is C14H23N. The molecule has 0 saturated carbocycles. The lowest BCUT2D eigenvalue weighted by Gasteiger charge is -2.38. The van der Waals surface area contributed by atoms with E-state index in [9.17, 15) is 0 Å². The van der Waals surface area contributed by atoms with Crippen molar-refractivity contribution in [2.45, 2.75) is 38.6 Å². The fourth-order valence-corrected chi connectivity index (χ4v) is 3.24. The molecular weight excluding hydrogens is 182 g/mol. The Morgan fingerprint density at radius 3 is 2.73 bits per heavy atom. The summed E-state index contributed by atoms with van der Waals surface area (Å²) in [5, 5.41) is 0. The number of nitrogens with zero attached hydrogens (tertiary/aromatic N) is 1. The predicted octanol–water partition coefficient (Wildman–Crippen LogP) is 3.24. The number of hydrogen-bond donors (Lipinski definition) is 0. The van der Waals surface area contributed by atoms with E-state index in [1.165, 1.54) is 38.8 Å². The van der Waals surface area contributed by atoms with Crippen molar-refractivity contribution in [3.8, 4) is 0 Å². The fraction of sp³-hybridized carbons (Fsp3) is 0.714. The van der Waals surface area contributed by atoms with E-state index in [2.05, 4.69) is 36.6 Å². The van der Waals surface area contributed by atoms with Crippen molar-refractivity contribution >= 4 is 0 Å². The van der Waals surface area contributed by atoms with Gasteiger partial charge in [0.25, 0.3) is 0 Å². The van der Waals surface area contributed by atoms with E-state index in [1.807, 2.05) is 0 Å². The van der Waals surface area contributed by atoms with Crippen LogP contribution in [0.25, 0.3) is 0 Å². The molecule has 0 aromatic heterocycles. The maximum Gasteiger partial charge on any atom is 0.0166 e. The summed E-state index contributed by atoms with van der Waals surface area (Å²) in [5.74, 6) is 1.40. The molecule has 1 heterocycles. The van der Waals surface area contributed by atoms with E-state index in [-0.39, 0.29) is 0 Å². The zero-order chi connectivity index (χ0) is 10.7. The number of allylic oxidation sites excluding steroid dienone is 2. The van der Waals surface area contributed by atoms with Gasteiger partial charge < -0.3 is 0 Å². The molecule has 0 radical (unpaired) electrons. The van der Waals surface area contributed by atoms with Crippen molar-refractivity contribution in [3.05, 3.63) is 24.8 Å². The second-order valence-electron chi connectivity index (χ2n) is 4.86. The van der Waals surface area contributed by atoms with E-state index >= 15 is 0 Å². The van der Waals surface area contributed by atoms with Crippen molar-refractivity contribution in [2.24, 2.45) is 11.8 Å². The summed E-state index contributed by atoms with van der Waals surface area (Å²) in [4.78, 5) is 2.70. The lowest BCUT2D eigenvalue weighted by atomic mass is 9.78. The third-order valence-electron chi connectivity index (χ3n) is 4.08. The first-order chi connectivity index (χ1) is 7.36. The molecule has 3 atom stereocenters. The largest absolute Gasteiger partial charge is 0.300 e. The summed E-state index contributed by atoms with van der Waals surface area (Å²) in [5.41, 5.74) is 0. The Morgan fingerprint density at radius 2 is 2.13 bits per heavy atom. The van der Waals surface area contributed by atoms with Crippen LogP contribution in [0, 0.1) is 11.8 Å². The second kappa shape index (κ2) is 4.98. The minimum absolute atomic E-state index is 0.606. The summed E-state index contributed by atoms with van der Waals surface area (Å²) in [6.07, 6.45) is 12.2. The van der Waals surface area contributed by atoms with Crippen molar-refractivity contribution in [1.82, 2.24) is 4.90 Å². The molecule has 1 aliphatic carbocycles. The van der Waals surface area contributed by atoms with Gasteiger partial charge in [-0.25, -0.2) is 0 Å². The quantitative estimate of drug-likeness (QED) is 0.639. The third kappa shape index (κ3) is 2.17. The highest BCUT2D eigenvalue weighted by Gasteiger charge is 2.32. The van der Waals surface area contributed by atoms with Crippen molar-refractivity contribution in [1.29, 1.82) is 0 Å². The zero-order valence-corrected chi connectivity index (χ0v) is 9.86. The van der Waals surface area contributed by atoms with Crippen LogP contribution in [0.3, 0.4) is 0 Å². The van der Waals surface area contributed by atoms with Gasteiger partial charge in [-0.2, -0.15) is 0 Å². The number of hydrogen-bond acceptors (Lipinski definition) is 1. The highest BCUT2D eigenvalue weighted by atomic mass is 15.2. The maximum absolute atomic E-state index is 3.97. The Balaban J connectivity index is 2.09. The van der Waals surface area contributed by atoms with Crippen LogP contribution >= 0.6 is 0 Å². The molecule has 1 heteroatoms. The molecule has 0 aromatic carbocycles. The molecule has 0 spiro atoms. The van der Waals surface area contributed by atoms with Gasteiger partial charge in [0.1, 0.15) is 0 Å². The van der Waals surface area contributed by atoms with Gasteiger partial charge in [0.05, 0.1) is 0 Å². The third-order valence-corrected chi connectivity index (χ3v) is 4.08. The standard InChI is InChI=1S/C14H23N/c1-3-12-8-7-9-14(13(12)4-2)15-10-5-6-11-15/h3,7-8,12-14H,1,4-6,9-11H2,2H3/t12?,13-,14?/m1/s1. The molecule has 0 amide bonds.